The predicted octanol–water partition coefficient (Wildman–Crippen LogP) is 1.92. The molecule has 1 aromatic heterocycles. The van der Waals surface area contributed by atoms with Gasteiger partial charge in [-0.15, -0.1) is 24.8 Å². The molecular weight excluding hydrogens is 292 g/mol. The number of nitrogens with two attached hydrogens (primary N) is 1. The minimum atomic E-state index is -0.590. The number of nitrogens with zero attached hydrogens (tertiary/aromatic N) is 1. The highest BCUT2D eigenvalue weighted by molar-refractivity contribution is 5.94. The van der Waals surface area contributed by atoms with Crippen LogP contribution in [-0.2, 0) is 0 Å². The van der Waals surface area contributed by atoms with Crippen molar-refractivity contribution in [2.75, 3.05) is 6.54 Å². The van der Waals surface area contributed by atoms with Crippen LogP contribution in [0.5, 0.6) is 0 Å². The Labute approximate surface area is 124 Å². The molecule has 0 spiro atoms. The number of pyridine rings is 1. The lowest BCUT2D eigenvalue weighted by Gasteiger charge is -2.19. The molecule has 1 amide bonds. The van der Waals surface area contributed by atoms with E-state index >= 15 is 0 Å². The van der Waals surface area contributed by atoms with Gasteiger partial charge in [0.25, 0.3) is 5.91 Å². The van der Waals surface area contributed by atoms with E-state index in [4.69, 9.17) is 5.73 Å². The first kappa shape index (κ1) is 18.1. The summed E-state index contributed by atoms with van der Waals surface area (Å²) < 4.78 is 13.3. The number of carbonyl (C=O) groups excluding carboxylic acids is 1. The zero-order chi connectivity index (χ0) is 12.3. The minimum Gasteiger partial charge on any atom is -0.349 e. The molecule has 7 heteroatoms. The number of aromatic nitrogens is 1. The molecule has 0 bridgehead atoms. The molecular formula is C12H18Cl2FN3O. The van der Waals surface area contributed by atoms with E-state index in [2.05, 4.69) is 10.3 Å². The lowest BCUT2D eigenvalue weighted by molar-refractivity contribution is 0.0924. The highest BCUT2D eigenvalue weighted by Crippen LogP contribution is 2.24. The summed E-state index contributed by atoms with van der Waals surface area (Å²) in [7, 11) is 0. The first-order valence-corrected chi connectivity index (χ1v) is 5.83. The van der Waals surface area contributed by atoms with Crippen molar-refractivity contribution in [2.24, 2.45) is 11.7 Å². The molecule has 2 rings (SSSR count). The number of hydrogen-bond donors (Lipinski definition) is 2. The summed E-state index contributed by atoms with van der Waals surface area (Å²) in [6, 6.07) is 1.46. The van der Waals surface area contributed by atoms with Crippen LogP contribution in [0.15, 0.2) is 18.5 Å². The maximum absolute atomic E-state index is 13.3. The molecule has 2 unspecified atom stereocenters. The number of nitrogens with one attached hydrogen (secondary N) is 1. The Kier molecular flexibility index (Phi) is 7.90. The van der Waals surface area contributed by atoms with Gasteiger partial charge in [-0.05, 0) is 31.4 Å². The Balaban J connectivity index is 0.00000162. The first-order valence-electron chi connectivity index (χ1n) is 5.83. The van der Waals surface area contributed by atoms with Gasteiger partial charge in [0.05, 0.1) is 11.8 Å². The summed E-state index contributed by atoms with van der Waals surface area (Å²) >= 11 is 0. The first-order chi connectivity index (χ1) is 8.22. The average molecular weight is 310 g/mol. The monoisotopic (exact) mass is 309 g/mol. The van der Waals surface area contributed by atoms with Crippen molar-refractivity contribution >= 4 is 30.7 Å². The van der Waals surface area contributed by atoms with E-state index < -0.39 is 5.82 Å². The summed E-state index contributed by atoms with van der Waals surface area (Å²) in [6.45, 7) is 0.559. The van der Waals surface area contributed by atoms with E-state index in [1.54, 1.807) is 0 Å². The fourth-order valence-corrected chi connectivity index (χ4v) is 2.31. The fraction of sp³-hybridized carbons (Fsp3) is 0.500. The van der Waals surface area contributed by atoms with Gasteiger partial charge < -0.3 is 11.1 Å². The van der Waals surface area contributed by atoms with Crippen molar-refractivity contribution in [2.45, 2.75) is 25.3 Å². The molecule has 1 heterocycles. The van der Waals surface area contributed by atoms with Crippen LogP contribution in [0.3, 0.4) is 0 Å². The van der Waals surface area contributed by atoms with Gasteiger partial charge in [-0.1, -0.05) is 6.42 Å². The third-order valence-electron chi connectivity index (χ3n) is 3.30. The highest BCUT2D eigenvalue weighted by Gasteiger charge is 2.28. The number of rotatable bonds is 3. The standard InChI is InChI=1S/C12H16FN3O.2ClH/c13-10-7-15-5-4-9(10)12(17)16-11-3-1-2-8(11)6-14;;/h4-5,7-8,11H,1-3,6,14H2,(H,16,17);2*1H. The van der Waals surface area contributed by atoms with Crippen LogP contribution in [-0.4, -0.2) is 23.5 Å². The average Bonchev–Trinajstić information content (AvgIpc) is 2.76. The lowest BCUT2D eigenvalue weighted by atomic mass is 10.0. The molecule has 1 aliphatic rings. The molecule has 19 heavy (non-hydrogen) atoms. The second kappa shape index (κ2) is 8.30. The molecule has 2 atom stereocenters. The molecule has 1 fully saturated rings. The van der Waals surface area contributed by atoms with Crippen molar-refractivity contribution in [3.8, 4) is 0 Å². The van der Waals surface area contributed by atoms with E-state index in [1.165, 1.54) is 12.3 Å². The summed E-state index contributed by atoms with van der Waals surface area (Å²) in [5.74, 6) is -0.661. The van der Waals surface area contributed by atoms with Gasteiger partial charge in [0.1, 0.15) is 0 Å². The van der Waals surface area contributed by atoms with Gasteiger partial charge in [-0.3, -0.25) is 9.78 Å². The molecule has 1 saturated carbocycles. The molecule has 1 aromatic rings. The maximum Gasteiger partial charge on any atom is 0.254 e. The summed E-state index contributed by atoms with van der Waals surface area (Å²) in [6.07, 6.45) is 5.46. The van der Waals surface area contributed by atoms with Crippen LogP contribution in [0.1, 0.15) is 29.6 Å². The van der Waals surface area contributed by atoms with Gasteiger partial charge in [0.15, 0.2) is 5.82 Å². The molecule has 1 aliphatic carbocycles. The van der Waals surface area contributed by atoms with Crippen LogP contribution < -0.4 is 11.1 Å². The largest absolute Gasteiger partial charge is 0.349 e. The molecule has 108 valence electrons. The van der Waals surface area contributed by atoms with Gasteiger partial charge >= 0.3 is 0 Å². The summed E-state index contributed by atoms with van der Waals surface area (Å²) in [5, 5.41) is 2.85. The zero-order valence-corrected chi connectivity index (χ0v) is 12.0. The molecule has 3 N–H and O–H groups in total. The zero-order valence-electron chi connectivity index (χ0n) is 10.3. The number of carbonyl (C=O) groups is 1. The number of amides is 1. The normalized spacial score (nSPS) is 21.2. The molecule has 0 aliphatic heterocycles. The fourth-order valence-electron chi connectivity index (χ4n) is 2.31. The lowest BCUT2D eigenvalue weighted by Crippen LogP contribution is -2.40. The van der Waals surface area contributed by atoms with Crippen LogP contribution in [0.2, 0.25) is 0 Å². The van der Waals surface area contributed by atoms with E-state index in [-0.39, 0.29) is 42.3 Å². The SMILES string of the molecule is Cl.Cl.NCC1CCCC1NC(=O)c1ccncc1F. The van der Waals surface area contributed by atoms with Crippen molar-refractivity contribution in [1.82, 2.24) is 10.3 Å². The van der Waals surface area contributed by atoms with E-state index in [1.807, 2.05) is 0 Å². The van der Waals surface area contributed by atoms with E-state index in [0.717, 1.165) is 25.5 Å². The maximum atomic E-state index is 13.3. The Hall–Kier alpha value is -0.910. The second-order valence-corrected chi connectivity index (χ2v) is 4.36. The van der Waals surface area contributed by atoms with Crippen LogP contribution in [0.4, 0.5) is 4.39 Å². The van der Waals surface area contributed by atoms with Crippen molar-refractivity contribution < 1.29 is 9.18 Å². The summed E-state index contributed by atoms with van der Waals surface area (Å²) in [4.78, 5) is 15.5. The number of halogens is 3. The van der Waals surface area contributed by atoms with Gasteiger partial charge in [0.2, 0.25) is 0 Å². The predicted molar refractivity (Wildman–Crippen MR) is 76.3 cm³/mol. The Morgan fingerprint density at radius 1 is 1.47 bits per heavy atom. The third kappa shape index (κ3) is 4.30. The Morgan fingerprint density at radius 3 is 2.84 bits per heavy atom. The van der Waals surface area contributed by atoms with Gasteiger partial charge in [-0.25, -0.2) is 4.39 Å². The van der Waals surface area contributed by atoms with Crippen molar-refractivity contribution in [3.63, 3.8) is 0 Å². The number of hydrogen-bond acceptors (Lipinski definition) is 3. The van der Waals surface area contributed by atoms with Crippen LogP contribution in [0, 0.1) is 11.7 Å². The van der Waals surface area contributed by atoms with Crippen LogP contribution in [0.25, 0.3) is 0 Å². The van der Waals surface area contributed by atoms with E-state index in [0.29, 0.717) is 12.5 Å². The Bertz CT molecular complexity index is 420. The second-order valence-electron chi connectivity index (χ2n) is 4.36. The molecule has 4 nitrogen and oxygen atoms in total. The van der Waals surface area contributed by atoms with Crippen LogP contribution >= 0.6 is 24.8 Å². The molecule has 0 saturated heterocycles. The summed E-state index contributed by atoms with van der Waals surface area (Å²) in [5.41, 5.74) is 5.68. The highest BCUT2D eigenvalue weighted by atomic mass is 35.5. The van der Waals surface area contributed by atoms with Gasteiger partial charge in [0, 0.05) is 12.2 Å². The minimum absolute atomic E-state index is 0. The smallest absolute Gasteiger partial charge is 0.254 e. The molecule has 0 radical (unpaired) electrons. The molecule has 0 aromatic carbocycles. The van der Waals surface area contributed by atoms with Crippen molar-refractivity contribution in [1.29, 1.82) is 0 Å². The topological polar surface area (TPSA) is 68.0 Å². The van der Waals surface area contributed by atoms with E-state index in [9.17, 15) is 9.18 Å². The quantitative estimate of drug-likeness (QED) is 0.896. The van der Waals surface area contributed by atoms with Crippen molar-refractivity contribution in [3.05, 3.63) is 29.8 Å². The van der Waals surface area contributed by atoms with Gasteiger partial charge in [-0.2, -0.15) is 0 Å². The third-order valence-corrected chi connectivity index (χ3v) is 3.30. The Morgan fingerprint density at radius 2 is 2.21 bits per heavy atom.